The topological polar surface area (TPSA) is 97.3 Å². The number of hydrogen-bond acceptors (Lipinski definition) is 5. The van der Waals surface area contributed by atoms with Crippen LogP contribution in [0.15, 0.2) is 24.5 Å². The van der Waals surface area contributed by atoms with Crippen LogP contribution in [-0.2, 0) is 24.4 Å². The molecule has 27 heavy (non-hydrogen) atoms. The fourth-order valence-electron chi connectivity index (χ4n) is 3.84. The Morgan fingerprint density at radius 3 is 2.93 bits per heavy atom. The number of fused-ring (bicyclic) bond motifs is 1. The second-order valence-corrected chi connectivity index (χ2v) is 7.12. The average molecular weight is 368 g/mol. The average Bonchev–Trinajstić information content (AvgIpc) is 3.22. The van der Waals surface area contributed by atoms with Crippen LogP contribution in [0.2, 0.25) is 0 Å². The third kappa shape index (κ3) is 3.21. The number of aliphatic hydroxyl groups excluding tert-OH is 1. The van der Waals surface area contributed by atoms with Gasteiger partial charge in [-0.2, -0.15) is 0 Å². The van der Waals surface area contributed by atoms with Crippen LogP contribution < -0.4 is 5.32 Å². The molecule has 142 valence electrons. The van der Waals surface area contributed by atoms with Crippen molar-refractivity contribution in [2.75, 3.05) is 0 Å². The molecule has 1 aliphatic rings. The standard InChI is InChI=1S/C19H24N6O2/c1-3-24-16(11-26)22-23-19(24)13-7-14(8-13)21-17(27)9-15-10-20-18-12(2)5-4-6-25(15)18/h4-6,10,13-14,26H,3,7-9,11H2,1-2H3,(H,21,27). The van der Waals surface area contributed by atoms with Gasteiger partial charge in [-0.25, -0.2) is 4.98 Å². The molecule has 0 saturated heterocycles. The molecular formula is C19H24N6O2. The monoisotopic (exact) mass is 368 g/mol. The fourth-order valence-corrected chi connectivity index (χ4v) is 3.84. The van der Waals surface area contributed by atoms with Crippen LogP contribution in [0.1, 0.15) is 48.6 Å². The maximum Gasteiger partial charge on any atom is 0.226 e. The van der Waals surface area contributed by atoms with Crippen molar-refractivity contribution in [1.29, 1.82) is 0 Å². The van der Waals surface area contributed by atoms with Crippen molar-refractivity contribution in [3.05, 3.63) is 47.4 Å². The zero-order valence-electron chi connectivity index (χ0n) is 15.6. The van der Waals surface area contributed by atoms with Crippen LogP contribution >= 0.6 is 0 Å². The predicted octanol–water partition coefficient (Wildman–Crippen LogP) is 1.35. The van der Waals surface area contributed by atoms with E-state index in [1.165, 1.54) is 0 Å². The van der Waals surface area contributed by atoms with E-state index in [1.54, 1.807) is 6.20 Å². The lowest BCUT2D eigenvalue weighted by atomic mass is 9.79. The van der Waals surface area contributed by atoms with Gasteiger partial charge in [-0.3, -0.25) is 4.79 Å². The SMILES string of the molecule is CCn1c(CO)nnc1C1CC(NC(=O)Cc2cnc3c(C)cccn23)C1. The molecule has 0 aliphatic heterocycles. The molecule has 0 aromatic carbocycles. The summed E-state index contributed by atoms with van der Waals surface area (Å²) in [5.41, 5.74) is 2.87. The van der Waals surface area contributed by atoms with Crippen molar-refractivity contribution in [1.82, 2.24) is 29.5 Å². The van der Waals surface area contributed by atoms with Gasteiger partial charge in [-0.15, -0.1) is 10.2 Å². The first-order chi connectivity index (χ1) is 13.1. The Morgan fingerprint density at radius 1 is 1.37 bits per heavy atom. The summed E-state index contributed by atoms with van der Waals surface area (Å²) in [5.74, 6) is 1.79. The first-order valence-electron chi connectivity index (χ1n) is 9.34. The minimum absolute atomic E-state index is 0.00904. The second-order valence-electron chi connectivity index (χ2n) is 7.12. The van der Waals surface area contributed by atoms with Crippen molar-refractivity contribution < 1.29 is 9.90 Å². The number of hydrogen-bond donors (Lipinski definition) is 2. The number of rotatable bonds is 6. The highest BCUT2D eigenvalue weighted by Gasteiger charge is 2.35. The molecule has 3 aromatic rings. The highest BCUT2D eigenvalue weighted by Crippen LogP contribution is 2.36. The van der Waals surface area contributed by atoms with Gasteiger partial charge in [0.1, 0.15) is 18.1 Å². The molecule has 0 spiro atoms. The lowest BCUT2D eigenvalue weighted by Gasteiger charge is -2.35. The number of aliphatic hydroxyl groups is 1. The van der Waals surface area contributed by atoms with E-state index in [-0.39, 0.29) is 24.5 Å². The third-order valence-electron chi connectivity index (χ3n) is 5.33. The minimum Gasteiger partial charge on any atom is -0.388 e. The van der Waals surface area contributed by atoms with Crippen LogP contribution in [-0.4, -0.2) is 41.2 Å². The highest BCUT2D eigenvalue weighted by molar-refractivity contribution is 5.79. The number of amides is 1. The van der Waals surface area contributed by atoms with Gasteiger partial charge in [0.2, 0.25) is 5.91 Å². The van der Waals surface area contributed by atoms with Gasteiger partial charge in [0.25, 0.3) is 0 Å². The van der Waals surface area contributed by atoms with Crippen LogP contribution in [0.4, 0.5) is 0 Å². The molecule has 3 heterocycles. The minimum atomic E-state index is -0.105. The van der Waals surface area contributed by atoms with Crippen molar-refractivity contribution >= 4 is 11.6 Å². The van der Waals surface area contributed by atoms with Gasteiger partial charge in [0, 0.05) is 30.9 Å². The fraction of sp³-hybridized carbons (Fsp3) is 0.474. The van der Waals surface area contributed by atoms with Crippen molar-refractivity contribution in [2.24, 2.45) is 0 Å². The predicted molar refractivity (Wildman–Crippen MR) is 99.2 cm³/mol. The Balaban J connectivity index is 1.35. The maximum absolute atomic E-state index is 12.4. The van der Waals surface area contributed by atoms with Crippen LogP contribution in [0.5, 0.6) is 0 Å². The number of aryl methyl sites for hydroxylation is 1. The number of nitrogens with one attached hydrogen (secondary N) is 1. The molecule has 0 unspecified atom stereocenters. The number of imidazole rings is 1. The quantitative estimate of drug-likeness (QED) is 0.685. The van der Waals surface area contributed by atoms with Crippen molar-refractivity contribution in [3.8, 4) is 0 Å². The molecule has 0 bridgehead atoms. The van der Waals surface area contributed by atoms with E-state index in [0.717, 1.165) is 42.1 Å². The molecule has 3 aromatic heterocycles. The molecule has 0 radical (unpaired) electrons. The van der Waals surface area contributed by atoms with E-state index in [4.69, 9.17) is 0 Å². The van der Waals surface area contributed by atoms with E-state index < -0.39 is 0 Å². The zero-order chi connectivity index (χ0) is 19.0. The molecular weight excluding hydrogens is 344 g/mol. The zero-order valence-corrected chi connectivity index (χ0v) is 15.6. The van der Waals surface area contributed by atoms with Gasteiger partial charge >= 0.3 is 0 Å². The van der Waals surface area contributed by atoms with Gasteiger partial charge in [0.15, 0.2) is 5.82 Å². The Kier molecular flexibility index (Phi) is 4.65. The third-order valence-corrected chi connectivity index (χ3v) is 5.33. The van der Waals surface area contributed by atoms with E-state index in [0.29, 0.717) is 12.2 Å². The van der Waals surface area contributed by atoms with E-state index in [9.17, 15) is 9.90 Å². The normalized spacial score (nSPS) is 19.2. The maximum atomic E-state index is 12.4. The summed E-state index contributed by atoms with van der Waals surface area (Å²) in [6.07, 6.45) is 5.72. The Labute approximate surface area is 157 Å². The molecule has 4 rings (SSSR count). The number of aromatic nitrogens is 5. The lowest BCUT2D eigenvalue weighted by molar-refractivity contribution is -0.121. The molecule has 1 fully saturated rings. The number of carbonyl (C=O) groups excluding carboxylic acids is 1. The summed E-state index contributed by atoms with van der Waals surface area (Å²) in [6, 6.07) is 4.13. The van der Waals surface area contributed by atoms with Gasteiger partial charge in [-0.05, 0) is 38.3 Å². The van der Waals surface area contributed by atoms with Crippen molar-refractivity contribution in [2.45, 2.75) is 58.2 Å². The van der Waals surface area contributed by atoms with E-state index in [1.807, 2.05) is 41.1 Å². The molecule has 1 aliphatic carbocycles. The Hall–Kier alpha value is -2.74. The molecule has 8 nitrogen and oxygen atoms in total. The summed E-state index contributed by atoms with van der Waals surface area (Å²) in [7, 11) is 0. The molecule has 0 atom stereocenters. The largest absolute Gasteiger partial charge is 0.388 e. The number of carbonyl (C=O) groups is 1. The molecule has 1 saturated carbocycles. The first-order valence-corrected chi connectivity index (χ1v) is 9.34. The first kappa shape index (κ1) is 17.7. The van der Waals surface area contributed by atoms with Crippen LogP contribution in [0.25, 0.3) is 5.65 Å². The van der Waals surface area contributed by atoms with Crippen LogP contribution in [0.3, 0.4) is 0 Å². The summed E-state index contributed by atoms with van der Waals surface area (Å²) >= 11 is 0. The van der Waals surface area contributed by atoms with Gasteiger partial charge < -0.3 is 19.4 Å². The Bertz CT molecular complexity index is 970. The molecule has 1 amide bonds. The van der Waals surface area contributed by atoms with Crippen molar-refractivity contribution in [3.63, 3.8) is 0 Å². The molecule has 2 N–H and O–H groups in total. The van der Waals surface area contributed by atoms with Gasteiger partial charge in [-0.1, -0.05) is 6.07 Å². The Morgan fingerprint density at radius 2 is 2.19 bits per heavy atom. The van der Waals surface area contributed by atoms with E-state index >= 15 is 0 Å². The summed E-state index contributed by atoms with van der Waals surface area (Å²) in [6.45, 7) is 4.66. The summed E-state index contributed by atoms with van der Waals surface area (Å²) in [5, 5.41) is 20.7. The number of nitrogens with zero attached hydrogens (tertiary/aromatic N) is 5. The van der Waals surface area contributed by atoms with Gasteiger partial charge in [0.05, 0.1) is 12.1 Å². The lowest BCUT2D eigenvalue weighted by Crippen LogP contribution is -2.44. The highest BCUT2D eigenvalue weighted by atomic mass is 16.3. The number of pyridine rings is 1. The smallest absolute Gasteiger partial charge is 0.226 e. The molecule has 8 heteroatoms. The van der Waals surface area contributed by atoms with E-state index in [2.05, 4.69) is 20.5 Å². The summed E-state index contributed by atoms with van der Waals surface area (Å²) in [4.78, 5) is 16.9. The second kappa shape index (κ2) is 7.11. The summed E-state index contributed by atoms with van der Waals surface area (Å²) < 4.78 is 3.93. The van der Waals surface area contributed by atoms with Crippen LogP contribution in [0, 0.1) is 6.92 Å².